The summed E-state index contributed by atoms with van der Waals surface area (Å²) in [5.74, 6) is -0.619. The second-order valence-corrected chi connectivity index (χ2v) is 7.95. The first kappa shape index (κ1) is 23.0. The average Bonchev–Trinajstić information content (AvgIpc) is 2.75. The molecule has 2 amide bonds. The van der Waals surface area contributed by atoms with Gasteiger partial charge in [0.15, 0.2) is 6.04 Å². The highest BCUT2D eigenvalue weighted by Gasteiger charge is 2.34. The molecular weight excluding hydrogens is 428 g/mol. The second-order valence-electron chi connectivity index (χ2n) is 7.54. The quantitative estimate of drug-likeness (QED) is 0.604. The molecule has 1 fully saturated rings. The van der Waals surface area contributed by atoms with Crippen molar-refractivity contribution < 1.29 is 28.0 Å². The number of ether oxygens (including phenoxy) is 1. The van der Waals surface area contributed by atoms with Crippen LogP contribution in [0, 0.1) is 5.92 Å². The van der Waals surface area contributed by atoms with Gasteiger partial charge in [0, 0.05) is 11.4 Å². The number of halogens is 3. The summed E-state index contributed by atoms with van der Waals surface area (Å²) in [6.07, 6.45) is 1.61. The van der Waals surface area contributed by atoms with E-state index < -0.39 is 12.7 Å². The zero-order valence-electron chi connectivity index (χ0n) is 17.0. The molecular formula is C22H25ClF2N3O3+. The normalized spacial score (nSPS) is 19.5. The van der Waals surface area contributed by atoms with Crippen LogP contribution in [0.2, 0.25) is 5.02 Å². The number of hydrogen-bond donors (Lipinski definition) is 3. The summed E-state index contributed by atoms with van der Waals surface area (Å²) < 4.78 is 29.0. The van der Waals surface area contributed by atoms with Crippen molar-refractivity contribution in [2.75, 3.05) is 23.7 Å². The fourth-order valence-corrected chi connectivity index (χ4v) is 3.91. The molecule has 1 aliphatic rings. The highest BCUT2D eigenvalue weighted by molar-refractivity contribution is 6.32. The molecule has 2 aromatic carbocycles. The van der Waals surface area contributed by atoms with Crippen molar-refractivity contribution in [3.05, 3.63) is 53.6 Å². The van der Waals surface area contributed by atoms with Gasteiger partial charge < -0.3 is 20.3 Å². The van der Waals surface area contributed by atoms with Gasteiger partial charge in [0.25, 0.3) is 5.91 Å². The van der Waals surface area contributed by atoms with Gasteiger partial charge in [-0.05, 0) is 50.1 Å². The van der Waals surface area contributed by atoms with Crippen LogP contribution in [-0.2, 0) is 9.59 Å². The van der Waals surface area contributed by atoms with Gasteiger partial charge in [-0.1, -0.05) is 29.8 Å². The third kappa shape index (κ3) is 6.38. The Balaban J connectivity index is 1.57. The Bertz CT molecular complexity index is 914. The first-order chi connectivity index (χ1) is 14.8. The second kappa shape index (κ2) is 10.5. The Hall–Kier alpha value is -2.71. The fraction of sp³-hybridized carbons (Fsp3) is 0.364. The van der Waals surface area contributed by atoms with Crippen LogP contribution in [-0.4, -0.2) is 37.6 Å². The van der Waals surface area contributed by atoms with Crippen molar-refractivity contribution in [2.24, 2.45) is 5.92 Å². The number of carbonyl (C=O) groups is 2. The predicted octanol–water partition coefficient (Wildman–Crippen LogP) is 3.20. The minimum Gasteiger partial charge on any atom is -0.433 e. The summed E-state index contributed by atoms with van der Waals surface area (Å²) in [4.78, 5) is 26.4. The number of amides is 2. The average molecular weight is 453 g/mol. The molecule has 3 rings (SSSR count). The lowest BCUT2D eigenvalue weighted by Gasteiger charge is -2.32. The van der Waals surface area contributed by atoms with E-state index in [1.54, 1.807) is 6.92 Å². The molecule has 166 valence electrons. The molecule has 0 aliphatic carbocycles. The number of para-hydroxylation sites is 1. The number of alkyl halides is 2. The molecule has 0 spiro atoms. The molecule has 2 aromatic rings. The van der Waals surface area contributed by atoms with Crippen molar-refractivity contribution in [1.82, 2.24) is 0 Å². The summed E-state index contributed by atoms with van der Waals surface area (Å²) in [6.45, 7) is 0.159. The Kier molecular flexibility index (Phi) is 7.81. The van der Waals surface area contributed by atoms with Gasteiger partial charge in [-0.25, -0.2) is 0 Å². The Morgan fingerprint density at radius 2 is 1.87 bits per heavy atom. The van der Waals surface area contributed by atoms with Gasteiger partial charge in [-0.3, -0.25) is 9.59 Å². The molecule has 3 N–H and O–H groups in total. The summed E-state index contributed by atoms with van der Waals surface area (Å²) >= 11 is 5.95. The molecule has 0 bridgehead atoms. The van der Waals surface area contributed by atoms with E-state index in [0.717, 1.165) is 30.0 Å². The van der Waals surface area contributed by atoms with Gasteiger partial charge in [-0.15, -0.1) is 0 Å². The van der Waals surface area contributed by atoms with Crippen molar-refractivity contribution in [1.29, 1.82) is 0 Å². The van der Waals surface area contributed by atoms with Crippen LogP contribution in [0.3, 0.4) is 0 Å². The number of hydrogen-bond acceptors (Lipinski definition) is 3. The van der Waals surface area contributed by atoms with Crippen molar-refractivity contribution in [2.45, 2.75) is 32.4 Å². The zero-order chi connectivity index (χ0) is 22.4. The minimum absolute atomic E-state index is 0.0197. The number of carbonyl (C=O) groups excluding carboxylic acids is 2. The summed E-state index contributed by atoms with van der Waals surface area (Å²) in [5, 5.41) is 5.67. The van der Waals surface area contributed by atoms with Crippen molar-refractivity contribution in [3.63, 3.8) is 0 Å². The molecule has 1 saturated heterocycles. The van der Waals surface area contributed by atoms with E-state index in [1.165, 1.54) is 18.2 Å². The zero-order valence-corrected chi connectivity index (χ0v) is 17.8. The number of rotatable bonds is 7. The molecule has 9 heteroatoms. The monoisotopic (exact) mass is 452 g/mol. The summed E-state index contributed by atoms with van der Waals surface area (Å²) in [5.41, 5.74) is 1.14. The number of quaternary nitrogens is 1. The summed E-state index contributed by atoms with van der Waals surface area (Å²) in [7, 11) is 0. The predicted molar refractivity (Wildman–Crippen MR) is 115 cm³/mol. The maximum absolute atomic E-state index is 12.7. The molecule has 0 radical (unpaired) electrons. The summed E-state index contributed by atoms with van der Waals surface area (Å²) in [6, 6.07) is 13.0. The van der Waals surface area contributed by atoms with Gasteiger partial charge in [-0.2, -0.15) is 8.78 Å². The smallest absolute Gasteiger partial charge is 0.387 e. The SMILES string of the molecule is CC(C(=O)Nc1ccc(OC(F)F)c(Cl)c1)[NH+]1CCCC(C(=O)Nc2ccccc2)C1. The molecule has 0 aromatic heterocycles. The van der Waals surface area contributed by atoms with Gasteiger partial charge >= 0.3 is 6.61 Å². The van der Waals surface area contributed by atoms with Gasteiger partial charge in [0.1, 0.15) is 5.75 Å². The highest BCUT2D eigenvalue weighted by Crippen LogP contribution is 2.29. The molecule has 6 nitrogen and oxygen atoms in total. The first-order valence-corrected chi connectivity index (χ1v) is 10.5. The number of piperidine rings is 1. The van der Waals surface area contributed by atoms with Crippen LogP contribution < -0.4 is 20.3 Å². The first-order valence-electron chi connectivity index (χ1n) is 10.1. The molecule has 1 aliphatic heterocycles. The third-order valence-electron chi connectivity index (χ3n) is 5.39. The van der Waals surface area contributed by atoms with Crippen molar-refractivity contribution >= 4 is 34.8 Å². The van der Waals surface area contributed by atoms with Crippen LogP contribution in [0.1, 0.15) is 19.8 Å². The van der Waals surface area contributed by atoms with Crippen LogP contribution in [0.15, 0.2) is 48.5 Å². The topological polar surface area (TPSA) is 71.9 Å². The molecule has 3 atom stereocenters. The van der Waals surface area contributed by atoms with E-state index in [1.807, 2.05) is 30.3 Å². The Morgan fingerprint density at radius 3 is 2.55 bits per heavy atom. The lowest BCUT2D eigenvalue weighted by atomic mass is 9.95. The van der Waals surface area contributed by atoms with E-state index in [-0.39, 0.29) is 28.5 Å². The van der Waals surface area contributed by atoms with Crippen molar-refractivity contribution in [3.8, 4) is 5.75 Å². The minimum atomic E-state index is -2.98. The molecule has 0 saturated carbocycles. The number of likely N-dealkylation sites (tertiary alicyclic amines) is 1. The van der Waals surface area contributed by atoms with Crippen LogP contribution in [0.5, 0.6) is 5.75 Å². The van der Waals surface area contributed by atoms with Crippen LogP contribution >= 0.6 is 11.6 Å². The fourth-order valence-electron chi connectivity index (χ4n) is 3.69. The van der Waals surface area contributed by atoms with Crippen LogP contribution in [0.4, 0.5) is 20.2 Å². The molecule has 3 unspecified atom stereocenters. The van der Waals surface area contributed by atoms with E-state index >= 15 is 0 Å². The third-order valence-corrected chi connectivity index (χ3v) is 5.69. The highest BCUT2D eigenvalue weighted by atomic mass is 35.5. The number of anilines is 2. The lowest BCUT2D eigenvalue weighted by molar-refractivity contribution is -0.921. The number of nitrogens with one attached hydrogen (secondary N) is 3. The lowest BCUT2D eigenvalue weighted by Crippen LogP contribution is -3.18. The van der Waals surface area contributed by atoms with E-state index in [2.05, 4.69) is 15.4 Å². The maximum atomic E-state index is 12.7. The van der Waals surface area contributed by atoms with E-state index in [4.69, 9.17) is 11.6 Å². The molecule has 31 heavy (non-hydrogen) atoms. The van der Waals surface area contributed by atoms with E-state index in [9.17, 15) is 18.4 Å². The largest absolute Gasteiger partial charge is 0.433 e. The van der Waals surface area contributed by atoms with Gasteiger partial charge in [0.05, 0.1) is 24.0 Å². The Morgan fingerprint density at radius 1 is 1.13 bits per heavy atom. The van der Waals surface area contributed by atoms with Crippen LogP contribution in [0.25, 0.3) is 0 Å². The standard InChI is InChI=1S/C22H24ClF2N3O3/c1-14(20(29)27-17-9-10-19(18(23)12-17)31-22(24)25)28-11-5-6-15(13-28)21(30)26-16-7-3-2-4-8-16/h2-4,7-10,12,14-15,22H,5-6,11,13H2,1H3,(H,26,30)(H,27,29)/p+1. The molecule has 1 heterocycles. The Labute approximate surface area is 184 Å². The van der Waals surface area contributed by atoms with E-state index in [0.29, 0.717) is 12.2 Å². The maximum Gasteiger partial charge on any atom is 0.387 e. The number of benzene rings is 2. The van der Waals surface area contributed by atoms with Gasteiger partial charge in [0.2, 0.25) is 5.91 Å².